The Morgan fingerprint density at radius 2 is 2.26 bits per heavy atom. The van der Waals surface area contributed by atoms with Crippen molar-refractivity contribution in [3.05, 3.63) is 90.4 Å². The minimum Gasteiger partial charge on any atom is -0.304 e. The summed E-state index contributed by atoms with van der Waals surface area (Å²) >= 11 is 0. The highest BCUT2D eigenvalue weighted by atomic mass is 15.4. The van der Waals surface area contributed by atoms with Crippen molar-refractivity contribution in [3.63, 3.8) is 0 Å². The summed E-state index contributed by atoms with van der Waals surface area (Å²) in [6.45, 7) is 7.22. The van der Waals surface area contributed by atoms with Gasteiger partial charge in [-0.1, -0.05) is 78.6 Å². The number of rotatable bonds is 8. The van der Waals surface area contributed by atoms with Crippen LogP contribution in [0.3, 0.4) is 0 Å². The molecule has 0 aliphatic heterocycles. The molecule has 1 unspecified atom stereocenters. The molecule has 0 bridgehead atoms. The van der Waals surface area contributed by atoms with Crippen LogP contribution in [0.1, 0.15) is 37.6 Å². The Kier molecular flexibility index (Phi) is 6.94. The standard InChI is InChI=1S/C23H28N4/c1-3-5-12-19(4-2)18-27-23(20-13-8-6-9-14-20)22(25-26-27)17-24-21-15-10-7-11-16-21/h3-8,10-13,15,21,24H,1,9,14,16-18H2,2H3/b12-5-,19-4+. The van der Waals surface area contributed by atoms with Crippen LogP contribution in [-0.2, 0) is 13.1 Å². The number of nitrogens with zero attached hydrogens (tertiary/aromatic N) is 3. The average Bonchev–Trinajstić information content (AvgIpc) is 3.13. The van der Waals surface area contributed by atoms with Gasteiger partial charge in [0.05, 0.1) is 12.2 Å². The van der Waals surface area contributed by atoms with Crippen LogP contribution < -0.4 is 5.32 Å². The van der Waals surface area contributed by atoms with Gasteiger partial charge in [0.25, 0.3) is 0 Å². The quantitative estimate of drug-likeness (QED) is 0.685. The molecule has 0 aromatic carbocycles. The summed E-state index contributed by atoms with van der Waals surface area (Å²) in [5.74, 6) is 0. The van der Waals surface area contributed by atoms with Gasteiger partial charge in [0.1, 0.15) is 5.69 Å². The summed E-state index contributed by atoms with van der Waals surface area (Å²) in [6, 6.07) is 0.356. The van der Waals surface area contributed by atoms with E-state index in [1.165, 1.54) is 11.1 Å². The van der Waals surface area contributed by atoms with Crippen molar-refractivity contribution in [1.82, 2.24) is 20.3 Å². The van der Waals surface area contributed by atoms with Crippen molar-refractivity contribution < 1.29 is 0 Å². The first-order valence-corrected chi connectivity index (χ1v) is 9.61. The van der Waals surface area contributed by atoms with Crippen molar-refractivity contribution in [2.75, 3.05) is 0 Å². The molecule has 1 aromatic heterocycles. The predicted molar refractivity (Wildman–Crippen MR) is 113 cm³/mol. The topological polar surface area (TPSA) is 42.7 Å². The van der Waals surface area contributed by atoms with E-state index in [4.69, 9.17) is 0 Å². The number of hydrogen-bond acceptors (Lipinski definition) is 3. The lowest BCUT2D eigenvalue weighted by molar-refractivity contribution is 0.586. The van der Waals surface area contributed by atoms with Crippen LogP contribution >= 0.6 is 0 Å². The summed E-state index contributed by atoms with van der Waals surface area (Å²) < 4.78 is 2.03. The second kappa shape index (κ2) is 9.83. The molecule has 4 heteroatoms. The van der Waals surface area contributed by atoms with Crippen LogP contribution in [0.5, 0.6) is 0 Å². The molecule has 0 fully saturated rings. The molecule has 1 heterocycles. The van der Waals surface area contributed by atoms with Gasteiger partial charge in [0.2, 0.25) is 0 Å². The Hall–Kier alpha value is -2.72. The van der Waals surface area contributed by atoms with E-state index in [1.807, 2.05) is 17.7 Å². The Labute approximate surface area is 162 Å². The van der Waals surface area contributed by atoms with Gasteiger partial charge >= 0.3 is 0 Å². The van der Waals surface area contributed by atoms with Gasteiger partial charge in [-0.15, -0.1) is 5.10 Å². The second-order valence-electron chi connectivity index (χ2n) is 6.70. The Balaban J connectivity index is 1.83. The molecule has 1 N–H and O–H groups in total. The highest BCUT2D eigenvalue weighted by molar-refractivity contribution is 5.67. The van der Waals surface area contributed by atoms with Crippen molar-refractivity contribution >= 4 is 5.57 Å². The fourth-order valence-electron chi connectivity index (χ4n) is 3.29. The van der Waals surface area contributed by atoms with E-state index < -0.39 is 0 Å². The highest BCUT2D eigenvalue weighted by Crippen LogP contribution is 2.26. The SMILES string of the molecule is C=C/C=C\C(=C/C)Cn1nnc(CNC2C=CC=CC2)c1C1=CC=CCC1. The van der Waals surface area contributed by atoms with Gasteiger partial charge in [-0.25, -0.2) is 4.68 Å². The smallest absolute Gasteiger partial charge is 0.104 e. The van der Waals surface area contributed by atoms with E-state index in [0.29, 0.717) is 19.1 Å². The molecule has 2 aliphatic carbocycles. The van der Waals surface area contributed by atoms with Crippen LogP contribution in [-0.4, -0.2) is 21.0 Å². The van der Waals surface area contributed by atoms with Crippen LogP contribution in [0, 0.1) is 0 Å². The molecule has 4 nitrogen and oxygen atoms in total. The first-order chi connectivity index (χ1) is 13.3. The molecule has 1 aromatic rings. The van der Waals surface area contributed by atoms with E-state index in [0.717, 1.165) is 30.7 Å². The minimum absolute atomic E-state index is 0.356. The first kappa shape index (κ1) is 19.1. The highest BCUT2D eigenvalue weighted by Gasteiger charge is 2.18. The van der Waals surface area contributed by atoms with Gasteiger partial charge in [-0.3, -0.25) is 0 Å². The Bertz CT molecular complexity index is 831. The van der Waals surface area contributed by atoms with Crippen LogP contribution in [0.15, 0.2) is 79.0 Å². The molecule has 0 amide bonds. The van der Waals surface area contributed by atoms with Gasteiger partial charge in [-0.2, -0.15) is 0 Å². The fourth-order valence-corrected chi connectivity index (χ4v) is 3.29. The Morgan fingerprint density at radius 1 is 1.33 bits per heavy atom. The number of aromatic nitrogens is 3. The molecule has 140 valence electrons. The van der Waals surface area contributed by atoms with Gasteiger partial charge in [0.15, 0.2) is 0 Å². The largest absolute Gasteiger partial charge is 0.304 e. The molecule has 0 saturated heterocycles. The number of nitrogens with one attached hydrogen (secondary N) is 1. The van der Waals surface area contributed by atoms with E-state index in [-0.39, 0.29) is 0 Å². The molecule has 2 aliphatic rings. The van der Waals surface area contributed by atoms with Gasteiger partial charge in [0, 0.05) is 12.6 Å². The molecular formula is C23H28N4. The molecule has 1 atom stereocenters. The molecule has 3 rings (SSSR count). The summed E-state index contributed by atoms with van der Waals surface area (Å²) in [6.07, 6.45) is 26.1. The maximum absolute atomic E-state index is 4.52. The third kappa shape index (κ3) is 5.14. The van der Waals surface area contributed by atoms with E-state index in [9.17, 15) is 0 Å². The summed E-state index contributed by atoms with van der Waals surface area (Å²) in [5.41, 5.74) is 4.66. The van der Waals surface area contributed by atoms with Crippen LogP contribution in [0.25, 0.3) is 5.57 Å². The zero-order chi connectivity index (χ0) is 18.9. The molecular weight excluding hydrogens is 332 g/mol. The van der Waals surface area contributed by atoms with E-state index in [1.54, 1.807) is 6.08 Å². The first-order valence-electron chi connectivity index (χ1n) is 9.61. The third-order valence-electron chi connectivity index (χ3n) is 4.78. The van der Waals surface area contributed by atoms with Crippen molar-refractivity contribution in [1.29, 1.82) is 0 Å². The van der Waals surface area contributed by atoms with E-state index in [2.05, 4.69) is 76.9 Å². The lowest BCUT2D eigenvalue weighted by atomic mass is 10.00. The van der Waals surface area contributed by atoms with Crippen LogP contribution in [0.4, 0.5) is 0 Å². The fraction of sp³-hybridized carbons (Fsp3) is 0.304. The second-order valence-corrected chi connectivity index (χ2v) is 6.70. The minimum atomic E-state index is 0.356. The summed E-state index contributed by atoms with van der Waals surface area (Å²) in [4.78, 5) is 0. The number of hydrogen-bond donors (Lipinski definition) is 1. The van der Waals surface area contributed by atoms with Crippen molar-refractivity contribution in [2.45, 2.75) is 45.3 Å². The van der Waals surface area contributed by atoms with E-state index >= 15 is 0 Å². The monoisotopic (exact) mass is 360 g/mol. The number of allylic oxidation sites excluding steroid dienone is 11. The normalized spacial score (nSPS) is 19.7. The zero-order valence-electron chi connectivity index (χ0n) is 16.0. The molecule has 27 heavy (non-hydrogen) atoms. The molecule has 0 saturated carbocycles. The average molecular weight is 361 g/mol. The lowest BCUT2D eigenvalue weighted by Gasteiger charge is -2.16. The van der Waals surface area contributed by atoms with Gasteiger partial charge in [-0.05, 0) is 37.3 Å². The maximum atomic E-state index is 4.52. The predicted octanol–water partition coefficient (Wildman–Crippen LogP) is 4.67. The molecule has 0 spiro atoms. The maximum Gasteiger partial charge on any atom is 0.104 e. The molecule has 0 radical (unpaired) electrons. The zero-order valence-corrected chi connectivity index (χ0v) is 16.0. The third-order valence-corrected chi connectivity index (χ3v) is 4.78. The van der Waals surface area contributed by atoms with Crippen molar-refractivity contribution in [2.24, 2.45) is 0 Å². The summed E-state index contributed by atoms with van der Waals surface area (Å²) in [7, 11) is 0. The lowest BCUT2D eigenvalue weighted by Crippen LogP contribution is -2.27. The summed E-state index contributed by atoms with van der Waals surface area (Å²) in [5, 5.41) is 12.6. The van der Waals surface area contributed by atoms with Crippen molar-refractivity contribution in [3.8, 4) is 0 Å². The van der Waals surface area contributed by atoms with Crippen LogP contribution in [0.2, 0.25) is 0 Å². The van der Waals surface area contributed by atoms with Gasteiger partial charge < -0.3 is 5.32 Å². The Morgan fingerprint density at radius 3 is 2.96 bits per heavy atom.